The first-order valence-electron chi connectivity index (χ1n) is 7.34. The molecule has 3 nitrogen and oxygen atoms in total. The molecule has 0 saturated heterocycles. The van der Waals surface area contributed by atoms with Crippen LogP contribution in [0.2, 0.25) is 0 Å². The lowest BCUT2D eigenvalue weighted by atomic mass is 9.91. The summed E-state index contributed by atoms with van der Waals surface area (Å²) in [5.74, 6) is 1.34. The first kappa shape index (κ1) is 14.5. The zero-order chi connectivity index (χ0) is 13.7. The van der Waals surface area contributed by atoms with Crippen molar-refractivity contribution in [1.82, 2.24) is 0 Å². The Morgan fingerprint density at radius 3 is 2.63 bits per heavy atom. The van der Waals surface area contributed by atoms with Gasteiger partial charge in [-0.25, -0.2) is 0 Å². The quantitative estimate of drug-likeness (QED) is 0.571. The maximum Gasteiger partial charge on any atom is 0.133 e. The summed E-state index contributed by atoms with van der Waals surface area (Å²) in [5, 5.41) is 18.7. The number of rotatable bonds is 6. The fourth-order valence-corrected chi connectivity index (χ4v) is 3.44. The lowest BCUT2D eigenvalue weighted by Gasteiger charge is -2.16. The topological polar surface area (TPSA) is 57.5 Å². The van der Waals surface area contributed by atoms with Crippen molar-refractivity contribution in [2.45, 2.75) is 44.6 Å². The summed E-state index contributed by atoms with van der Waals surface area (Å²) < 4.78 is 0. The van der Waals surface area contributed by atoms with Gasteiger partial charge in [-0.3, -0.25) is 4.79 Å². The molecular formula is C16H24O3. The average Bonchev–Trinajstić information content (AvgIpc) is 2.85. The molecule has 0 spiro atoms. The van der Waals surface area contributed by atoms with Gasteiger partial charge in [0.05, 0.1) is 6.10 Å². The number of hydrogen-bond donors (Lipinski definition) is 2. The molecule has 0 amide bonds. The van der Waals surface area contributed by atoms with Crippen molar-refractivity contribution in [2.24, 2.45) is 17.8 Å². The number of carbonyl (C=O) groups is 1. The standard InChI is InChI=1S/C16H24O3/c17-8-6-4-2-1-3-5-7-14-15-11-13(18)9-12(15)10-16(14)19/h2,4-5,7,12,14-17,19H,1,3,6,8-11H2/b4-2-,7-5+/t12-,14+,15-,16+/m0/s1. The van der Waals surface area contributed by atoms with Crippen molar-refractivity contribution in [3.8, 4) is 0 Å². The summed E-state index contributed by atoms with van der Waals surface area (Å²) in [4.78, 5) is 11.5. The molecule has 19 heavy (non-hydrogen) atoms. The fraction of sp³-hybridized carbons (Fsp3) is 0.688. The molecule has 0 aromatic carbocycles. The van der Waals surface area contributed by atoms with E-state index in [2.05, 4.69) is 18.2 Å². The highest BCUT2D eigenvalue weighted by molar-refractivity contribution is 5.81. The molecule has 106 valence electrons. The number of aliphatic hydroxyl groups excluding tert-OH is 2. The van der Waals surface area contributed by atoms with E-state index in [1.807, 2.05) is 6.08 Å². The van der Waals surface area contributed by atoms with Crippen LogP contribution in [0.15, 0.2) is 24.3 Å². The van der Waals surface area contributed by atoms with Crippen LogP contribution >= 0.6 is 0 Å². The van der Waals surface area contributed by atoms with E-state index in [1.165, 1.54) is 0 Å². The van der Waals surface area contributed by atoms with Gasteiger partial charge in [-0.1, -0.05) is 24.3 Å². The number of unbranched alkanes of at least 4 members (excludes halogenated alkanes) is 1. The molecule has 0 radical (unpaired) electrons. The van der Waals surface area contributed by atoms with Gasteiger partial charge in [0.25, 0.3) is 0 Å². The molecular weight excluding hydrogens is 240 g/mol. The number of allylic oxidation sites excluding steroid dienone is 2. The normalized spacial score (nSPS) is 34.7. The number of Topliss-reactive ketones (excluding diaryl/α,β-unsaturated/α-hetero) is 1. The molecule has 0 bridgehead atoms. The molecule has 3 heteroatoms. The Labute approximate surface area is 115 Å². The van der Waals surface area contributed by atoms with Crippen LogP contribution in [-0.2, 0) is 4.79 Å². The van der Waals surface area contributed by atoms with E-state index in [1.54, 1.807) is 0 Å². The van der Waals surface area contributed by atoms with Crippen LogP contribution in [0.1, 0.15) is 38.5 Å². The van der Waals surface area contributed by atoms with Gasteiger partial charge >= 0.3 is 0 Å². The van der Waals surface area contributed by atoms with Crippen molar-refractivity contribution in [1.29, 1.82) is 0 Å². The zero-order valence-electron chi connectivity index (χ0n) is 11.4. The third-order valence-corrected chi connectivity index (χ3v) is 4.36. The van der Waals surface area contributed by atoms with E-state index in [0.29, 0.717) is 30.5 Å². The Bertz CT molecular complexity index is 359. The minimum absolute atomic E-state index is 0.179. The molecule has 2 fully saturated rings. The van der Waals surface area contributed by atoms with Gasteiger partial charge in [0.2, 0.25) is 0 Å². The fourth-order valence-electron chi connectivity index (χ4n) is 3.44. The zero-order valence-corrected chi connectivity index (χ0v) is 11.4. The summed E-state index contributed by atoms with van der Waals surface area (Å²) in [6, 6.07) is 0. The van der Waals surface area contributed by atoms with Gasteiger partial charge in [-0.2, -0.15) is 0 Å². The van der Waals surface area contributed by atoms with Gasteiger partial charge < -0.3 is 10.2 Å². The van der Waals surface area contributed by atoms with Crippen LogP contribution in [0.5, 0.6) is 0 Å². The Kier molecular flexibility index (Phi) is 5.34. The first-order valence-corrected chi connectivity index (χ1v) is 7.34. The average molecular weight is 264 g/mol. The largest absolute Gasteiger partial charge is 0.396 e. The molecule has 0 unspecified atom stereocenters. The number of fused-ring (bicyclic) bond motifs is 1. The van der Waals surface area contributed by atoms with Crippen LogP contribution in [0, 0.1) is 17.8 Å². The van der Waals surface area contributed by atoms with E-state index in [-0.39, 0.29) is 18.6 Å². The van der Waals surface area contributed by atoms with Crippen molar-refractivity contribution >= 4 is 5.78 Å². The Morgan fingerprint density at radius 1 is 1.11 bits per heavy atom. The summed E-state index contributed by atoms with van der Waals surface area (Å²) in [6.07, 6.45) is 12.8. The smallest absolute Gasteiger partial charge is 0.133 e. The first-order chi connectivity index (χ1) is 9.22. The van der Waals surface area contributed by atoms with Crippen LogP contribution in [0.4, 0.5) is 0 Å². The Balaban J connectivity index is 1.76. The second kappa shape index (κ2) is 7.01. The molecule has 2 aliphatic carbocycles. The van der Waals surface area contributed by atoms with Crippen LogP contribution < -0.4 is 0 Å². The number of aliphatic hydroxyl groups is 2. The maximum absolute atomic E-state index is 11.5. The lowest BCUT2D eigenvalue weighted by Crippen LogP contribution is -2.17. The van der Waals surface area contributed by atoms with Crippen LogP contribution in [0.3, 0.4) is 0 Å². The van der Waals surface area contributed by atoms with Crippen LogP contribution in [-0.4, -0.2) is 28.7 Å². The van der Waals surface area contributed by atoms with Crippen LogP contribution in [0.25, 0.3) is 0 Å². The predicted octanol–water partition coefficient (Wildman–Crippen LogP) is 2.24. The summed E-state index contributed by atoms with van der Waals surface area (Å²) in [6.45, 7) is 0.206. The van der Waals surface area contributed by atoms with E-state index >= 15 is 0 Å². The van der Waals surface area contributed by atoms with Gasteiger partial charge in [0.15, 0.2) is 0 Å². The van der Waals surface area contributed by atoms with Crippen molar-refractivity contribution in [3.05, 3.63) is 24.3 Å². The highest BCUT2D eigenvalue weighted by atomic mass is 16.3. The molecule has 0 heterocycles. The second-order valence-electron chi connectivity index (χ2n) is 5.74. The minimum Gasteiger partial charge on any atom is -0.396 e. The summed E-state index contributed by atoms with van der Waals surface area (Å²) in [5.41, 5.74) is 0. The van der Waals surface area contributed by atoms with Crippen molar-refractivity contribution in [3.63, 3.8) is 0 Å². The van der Waals surface area contributed by atoms with E-state index < -0.39 is 0 Å². The van der Waals surface area contributed by atoms with E-state index in [0.717, 1.165) is 25.7 Å². The third-order valence-electron chi connectivity index (χ3n) is 4.36. The highest BCUT2D eigenvalue weighted by Gasteiger charge is 2.46. The SMILES string of the molecule is O=C1C[C@H]2C[C@@H](O)[C@H](/C=C/CC/C=C\CCO)[C@H]2C1. The number of hydrogen-bond acceptors (Lipinski definition) is 3. The Morgan fingerprint density at radius 2 is 1.84 bits per heavy atom. The highest BCUT2D eigenvalue weighted by Crippen LogP contribution is 2.46. The monoisotopic (exact) mass is 264 g/mol. The number of ketones is 1. The van der Waals surface area contributed by atoms with Crippen molar-refractivity contribution in [2.75, 3.05) is 6.61 Å². The molecule has 0 aromatic rings. The van der Waals surface area contributed by atoms with Gasteiger partial charge in [-0.15, -0.1) is 0 Å². The van der Waals surface area contributed by atoms with E-state index in [4.69, 9.17) is 5.11 Å². The molecule has 2 saturated carbocycles. The number of carbonyl (C=O) groups excluding carboxylic acids is 1. The molecule has 2 rings (SSSR count). The van der Waals surface area contributed by atoms with Gasteiger partial charge in [0, 0.05) is 25.4 Å². The summed E-state index contributed by atoms with van der Waals surface area (Å²) in [7, 11) is 0. The molecule has 0 aliphatic heterocycles. The second-order valence-corrected chi connectivity index (χ2v) is 5.74. The minimum atomic E-state index is -0.260. The molecule has 4 atom stereocenters. The third kappa shape index (κ3) is 3.77. The molecule has 2 aliphatic rings. The van der Waals surface area contributed by atoms with Gasteiger partial charge in [-0.05, 0) is 37.5 Å². The molecule has 0 aromatic heterocycles. The summed E-state index contributed by atoms with van der Waals surface area (Å²) >= 11 is 0. The van der Waals surface area contributed by atoms with Gasteiger partial charge in [0.1, 0.15) is 5.78 Å². The predicted molar refractivity (Wildman–Crippen MR) is 74.6 cm³/mol. The maximum atomic E-state index is 11.5. The Hall–Kier alpha value is -0.930. The molecule has 2 N–H and O–H groups in total. The lowest BCUT2D eigenvalue weighted by molar-refractivity contribution is -0.118. The van der Waals surface area contributed by atoms with Crippen molar-refractivity contribution < 1.29 is 15.0 Å². The van der Waals surface area contributed by atoms with E-state index in [9.17, 15) is 9.90 Å².